The van der Waals surface area contributed by atoms with E-state index in [4.69, 9.17) is 4.74 Å². The molecular formula is C30H36N2OSi2. The van der Waals surface area contributed by atoms with E-state index in [2.05, 4.69) is 158 Å². The number of rotatable bonds is 8. The molecule has 0 aliphatic rings. The molecule has 0 aromatic heterocycles. The summed E-state index contributed by atoms with van der Waals surface area (Å²) < 4.78 is 11.2. The standard InChI is InChI=1S/C30H36N2OSi2/c1-34(2,3)31(25-13-9-7-10-14-25)27-17-21-29(22-18-27)33-30-23-19-28(20-24-30)32(35(4,5)6)26-15-11-8-12-16-26/h7-24H,1-6H3. The first-order valence-electron chi connectivity index (χ1n) is 12.2. The maximum atomic E-state index is 6.22. The van der Waals surface area contributed by atoms with E-state index < -0.39 is 16.5 Å². The fourth-order valence-corrected chi connectivity index (χ4v) is 8.16. The van der Waals surface area contributed by atoms with Crippen LogP contribution in [-0.4, -0.2) is 16.5 Å². The minimum absolute atomic E-state index is 0.843. The Balaban J connectivity index is 1.53. The highest BCUT2D eigenvalue weighted by Crippen LogP contribution is 2.35. The normalized spacial score (nSPS) is 11.7. The van der Waals surface area contributed by atoms with Crippen molar-refractivity contribution in [3.05, 3.63) is 109 Å². The lowest BCUT2D eigenvalue weighted by atomic mass is 10.2. The van der Waals surface area contributed by atoms with Crippen LogP contribution in [0.2, 0.25) is 39.3 Å². The molecule has 0 saturated heterocycles. The molecule has 3 nitrogen and oxygen atoms in total. The largest absolute Gasteiger partial charge is 0.457 e. The number of nitrogens with zero attached hydrogens (tertiary/aromatic N) is 2. The summed E-state index contributed by atoms with van der Waals surface area (Å²) in [6, 6.07) is 38.2. The zero-order valence-electron chi connectivity index (χ0n) is 21.7. The van der Waals surface area contributed by atoms with Gasteiger partial charge in [-0.1, -0.05) is 75.7 Å². The van der Waals surface area contributed by atoms with Crippen LogP contribution in [0.3, 0.4) is 0 Å². The Hall–Kier alpha value is -3.29. The predicted octanol–water partition coefficient (Wildman–Crippen LogP) is 9.42. The van der Waals surface area contributed by atoms with Gasteiger partial charge in [-0.15, -0.1) is 0 Å². The molecule has 4 aromatic carbocycles. The number of para-hydroxylation sites is 2. The average Bonchev–Trinajstić information content (AvgIpc) is 2.81. The first-order valence-corrected chi connectivity index (χ1v) is 19.1. The van der Waals surface area contributed by atoms with Crippen molar-refractivity contribution in [2.75, 3.05) is 9.13 Å². The van der Waals surface area contributed by atoms with Gasteiger partial charge in [-0.2, -0.15) is 0 Å². The molecule has 4 aromatic rings. The van der Waals surface area contributed by atoms with Gasteiger partial charge >= 0.3 is 0 Å². The second-order valence-corrected chi connectivity index (χ2v) is 20.4. The summed E-state index contributed by atoms with van der Waals surface area (Å²) >= 11 is 0. The highest BCUT2D eigenvalue weighted by atomic mass is 28.3. The van der Waals surface area contributed by atoms with Gasteiger partial charge in [-0.25, -0.2) is 0 Å². The van der Waals surface area contributed by atoms with Gasteiger partial charge in [-0.3, -0.25) is 0 Å². The van der Waals surface area contributed by atoms with Crippen LogP contribution in [0.25, 0.3) is 0 Å². The number of ether oxygens (including phenoxy) is 1. The average molecular weight is 497 g/mol. The Bertz CT molecular complexity index is 1120. The summed E-state index contributed by atoms with van der Waals surface area (Å²) in [5, 5.41) is 0. The number of hydrogen-bond acceptors (Lipinski definition) is 3. The molecule has 180 valence electrons. The monoisotopic (exact) mass is 496 g/mol. The second-order valence-electron chi connectivity index (χ2n) is 10.8. The molecule has 0 unspecified atom stereocenters. The molecule has 0 atom stereocenters. The summed E-state index contributed by atoms with van der Waals surface area (Å²) in [4.78, 5) is 0. The fraction of sp³-hybridized carbons (Fsp3) is 0.200. The van der Waals surface area contributed by atoms with Crippen molar-refractivity contribution in [2.24, 2.45) is 0 Å². The highest BCUT2D eigenvalue weighted by Gasteiger charge is 2.27. The lowest BCUT2D eigenvalue weighted by Gasteiger charge is -2.36. The maximum Gasteiger partial charge on any atom is 0.153 e. The van der Waals surface area contributed by atoms with Gasteiger partial charge in [0.2, 0.25) is 0 Å². The van der Waals surface area contributed by atoms with Gasteiger partial charge in [0.05, 0.1) is 0 Å². The molecule has 0 radical (unpaired) electrons. The maximum absolute atomic E-state index is 6.22. The summed E-state index contributed by atoms with van der Waals surface area (Å²) in [5.41, 5.74) is 4.88. The SMILES string of the molecule is C[Si](C)(C)N(c1ccccc1)c1ccc(Oc2ccc(N(c3ccccc3)[Si](C)(C)C)cc2)cc1. The first kappa shape index (κ1) is 24.8. The molecule has 4 rings (SSSR count). The Morgan fingerprint density at radius 3 is 0.971 bits per heavy atom. The minimum Gasteiger partial charge on any atom is -0.457 e. The van der Waals surface area contributed by atoms with Crippen LogP contribution < -0.4 is 13.9 Å². The van der Waals surface area contributed by atoms with Gasteiger partial charge in [0, 0.05) is 22.7 Å². The Kier molecular flexibility index (Phi) is 7.19. The number of hydrogen-bond donors (Lipinski definition) is 0. The van der Waals surface area contributed by atoms with E-state index in [1.807, 2.05) is 0 Å². The zero-order chi connectivity index (χ0) is 25.1. The molecule has 0 N–H and O–H groups in total. The van der Waals surface area contributed by atoms with E-state index in [1.54, 1.807) is 0 Å². The van der Waals surface area contributed by atoms with E-state index in [-0.39, 0.29) is 0 Å². The lowest BCUT2D eigenvalue weighted by Crippen LogP contribution is -2.42. The fourth-order valence-electron chi connectivity index (χ4n) is 4.46. The van der Waals surface area contributed by atoms with Crippen LogP contribution in [0.5, 0.6) is 11.5 Å². The van der Waals surface area contributed by atoms with Gasteiger partial charge in [0.1, 0.15) is 11.5 Å². The highest BCUT2D eigenvalue weighted by molar-refractivity contribution is 6.81. The van der Waals surface area contributed by atoms with E-state index in [1.165, 1.54) is 22.7 Å². The van der Waals surface area contributed by atoms with Crippen molar-refractivity contribution in [3.8, 4) is 11.5 Å². The zero-order valence-corrected chi connectivity index (χ0v) is 23.7. The Morgan fingerprint density at radius 2 is 0.686 bits per heavy atom. The van der Waals surface area contributed by atoms with Gasteiger partial charge < -0.3 is 13.9 Å². The molecule has 0 fully saturated rings. The summed E-state index contributed by atoms with van der Waals surface area (Å²) in [6.07, 6.45) is 0. The second kappa shape index (κ2) is 10.1. The Labute approximate surface area is 212 Å². The lowest BCUT2D eigenvalue weighted by molar-refractivity contribution is 0.483. The topological polar surface area (TPSA) is 15.7 Å². The van der Waals surface area contributed by atoms with E-state index >= 15 is 0 Å². The van der Waals surface area contributed by atoms with Crippen LogP contribution >= 0.6 is 0 Å². The molecule has 0 amide bonds. The summed E-state index contributed by atoms with van der Waals surface area (Å²) in [6.45, 7) is 14.2. The van der Waals surface area contributed by atoms with Crippen LogP contribution in [0, 0.1) is 0 Å². The molecule has 0 heterocycles. The van der Waals surface area contributed by atoms with Crippen molar-refractivity contribution in [2.45, 2.75) is 39.3 Å². The van der Waals surface area contributed by atoms with Crippen molar-refractivity contribution < 1.29 is 4.74 Å². The van der Waals surface area contributed by atoms with Crippen molar-refractivity contribution in [1.29, 1.82) is 0 Å². The molecule has 0 bridgehead atoms. The van der Waals surface area contributed by atoms with Crippen LogP contribution in [0.1, 0.15) is 0 Å². The molecule has 35 heavy (non-hydrogen) atoms. The number of anilines is 4. The summed E-state index contributed by atoms with van der Waals surface area (Å²) in [5.74, 6) is 1.69. The third-order valence-electron chi connectivity index (χ3n) is 5.80. The van der Waals surface area contributed by atoms with Crippen LogP contribution in [0.15, 0.2) is 109 Å². The third-order valence-corrected chi connectivity index (χ3v) is 9.51. The van der Waals surface area contributed by atoms with Gasteiger partial charge in [0.15, 0.2) is 16.5 Å². The molecular weight excluding hydrogens is 461 g/mol. The first-order chi connectivity index (χ1) is 16.6. The Morgan fingerprint density at radius 1 is 0.400 bits per heavy atom. The van der Waals surface area contributed by atoms with E-state index in [0.717, 1.165) is 11.5 Å². The van der Waals surface area contributed by atoms with E-state index in [0.29, 0.717) is 0 Å². The third kappa shape index (κ3) is 6.05. The number of benzene rings is 4. The van der Waals surface area contributed by atoms with Crippen molar-refractivity contribution >= 4 is 39.2 Å². The summed E-state index contributed by atoms with van der Waals surface area (Å²) in [7, 11) is -3.26. The molecule has 0 saturated carbocycles. The predicted molar refractivity (Wildman–Crippen MR) is 157 cm³/mol. The van der Waals surface area contributed by atoms with Crippen molar-refractivity contribution in [3.63, 3.8) is 0 Å². The van der Waals surface area contributed by atoms with Gasteiger partial charge in [-0.05, 0) is 72.8 Å². The molecule has 0 aliphatic carbocycles. The molecule has 0 spiro atoms. The van der Waals surface area contributed by atoms with E-state index in [9.17, 15) is 0 Å². The van der Waals surface area contributed by atoms with Crippen molar-refractivity contribution in [1.82, 2.24) is 0 Å². The van der Waals surface area contributed by atoms with Crippen LogP contribution in [-0.2, 0) is 0 Å². The molecule has 0 aliphatic heterocycles. The smallest absolute Gasteiger partial charge is 0.153 e. The molecule has 5 heteroatoms. The quantitative estimate of drug-likeness (QED) is 0.226. The minimum atomic E-state index is -1.63. The van der Waals surface area contributed by atoms with Crippen LogP contribution in [0.4, 0.5) is 22.7 Å². The van der Waals surface area contributed by atoms with Gasteiger partial charge in [0.25, 0.3) is 0 Å².